The maximum atomic E-state index is 10.2. The lowest BCUT2D eigenvalue weighted by Gasteiger charge is -2.26. The Morgan fingerprint density at radius 1 is 0.492 bits per heavy atom. The highest BCUT2D eigenvalue weighted by molar-refractivity contribution is 5.43. The van der Waals surface area contributed by atoms with Gasteiger partial charge in [0.25, 0.3) is 0 Å². The van der Waals surface area contributed by atoms with E-state index in [4.69, 9.17) is 40.0 Å². The fraction of sp³-hybridized carbons (Fsp3) is 0.489. The molecule has 12 heteroatoms. The van der Waals surface area contributed by atoms with Crippen molar-refractivity contribution in [1.29, 1.82) is 0 Å². The Hall–Kier alpha value is -4.24. The van der Waals surface area contributed by atoms with Gasteiger partial charge in [-0.25, -0.2) is 0 Å². The molecule has 4 rings (SSSR count). The summed E-state index contributed by atoms with van der Waals surface area (Å²) >= 11 is 0. The van der Waals surface area contributed by atoms with Crippen LogP contribution in [0.1, 0.15) is 57.4 Å². The third-order valence-corrected chi connectivity index (χ3v) is 10.3. The smallest absolute Gasteiger partial charge is 0.119 e. The van der Waals surface area contributed by atoms with Crippen molar-refractivity contribution in [1.82, 2.24) is 9.80 Å². The Labute approximate surface area is 352 Å². The molecule has 59 heavy (non-hydrogen) atoms. The minimum absolute atomic E-state index is 0. The third-order valence-electron chi connectivity index (χ3n) is 10.3. The molecule has 328 valence electrons. The quantitative estimate of drug-likeness (QED) is 0.0578. The second kappa shape index (κ2) is 26.1. The highest BCUT2D eigenvalue weighted by Crippen LogP contribution is 2.34. The Balaban J connectivity index is 0.000000400. The molecule has 0 amide bonds. The number of nitrogens with two attached hydrogens (primary N) is 1. The van der Waals surface area contributed by atoms with Gasteiger partial charge in [0.2, 0.25) is 0 Å². The van der Waals surface area contributed by atoms with Gasteiger partial charge in [0.15, 0.2) is 0 Å². The van der Waals surface area contributed by atoms with E-state index < -0.39 is 12.2 Å². The summed E-state index contributed by atoms with van der Waals surface area (Å²) in [6.45, 7) is 12.2. The van der Waals surface area contributed by atoms with Crippen molar-refractivity contribution in [2.45, 2.75) is 58.2 Å². The number of methoxy groups -OCH3 is 2. The molecule has 0 saturated heterocycles. The molecular weight excluding hydrogens is 751 g/mol. The molecule has 0 aliphatic carbocycles. The van der Waals surface area contributed by atoms with Gasteiger partial charge in [0.1, 0.15) is 48.4 Å². The molecule has 0 aromatic heterocycles. The number of hydrogen-bond acceptors (Lipinski definition) is 12. The Morgan fingerprint density at radius 3 is 1.02 bits per heavy atom. The molecule has 0 bridgehead atoms. The molecule has 4 aromatic carbocycles. The van der Waals surface area contributed by atoms with E-state index in [-0.39, 0.29) is 51.3 Å². The lowest BCUT2D eigenvalue weighted by Crippen LogP contribution is -2.40. The first-order chi connectivity index (χ1) is 27.8. The first-order valence-corrected chi connectivity index (χ1v) is 19.9. The molecule has 12 nitrogen and oxygen atoms in total. The lowest BCUT2D eigenvalue weighted by atomic mass is 9.78. The summed E-state index contributed by atoms with van der Waals surface area (Å²) < 4.78 is 21.9. The van der Waals surface area contributed by atoms with Gasteiger partial charge in [0.05, 0.1) is 34.0 Å². The highest BCUT2D eigenvalue weighted by atomic mass is 16.5. The maximum Gasteiger partial charge on any atom is 0.119 e. The molecule has 0 aliphatic heterocycles. The van der Waals surface area contributed by atoms with E-state index in [1.807, 2.05) is 65.6 Å². The lowest BCUT2D eigenvalue weighted by molar-refractivity contribution is 0.0552. The summed E-state index contributed by atoms with van der Waals surface area (Å²) in [5, 5.41) is 47.5. The summed E-state index contributed by atoms with van der Waals surface area (Å²) in [7, 11) is 3.32. The monoisotopic (exact) mass is 822 g/mol. The molecule has 7 N–H and O–H groups in total. The van der Waals surface area contributed by atoms with E-state index in [2.05, 4.69) is 64.1 Å². The van der Waals surface area contributed by atoms with Gasteiger partial charge in [-0.05, 0) is 70.8 Å². The highest BCUT2D eigenvalue weighted by Gasteiger charge is 2.24. The van der Waals surface area contributed by atoms with E-state index in [0.29, 0.717) is 57.3 Å². The number of benzene rings is 4. The summed E-state index contributed by atoms with van der Waals surface area (Å²) in [6.07, 6.45) is -1.35. The van der Waals surface area contributed by atoms with Gasteiger partial charge in [-0.1, -0.05) is 83.7 Å². The number of aliphatic hydroxyl groups excluding tert-OH is 5. The number of hydrogen-bond donors (Lipinski definition) is 6. The SMILES string of the molecule is C.COc1ccc(C(C)(C)c2ccc(OCC(O)CN(CCN)CCO)cc2)cc1.COc1ccc(C(C)(C)c2ccc(OCC(O)CN(CCO)CCO)cc2)cc1. The summed E-state index contributed by atoms with van der Waals surface area (Å²) in [4.78, 5) is 3.73. The van der Waals surface area contributed by atoms with Crippen molar-refractivity contribution in [2.24, 2.45) is 5.73 Å². The zero-order valence-corrected chi connectivity index (χ0v) is 35.2. The van der Waals surface area contributed by atoms with E-state index in [1.165, 1.54) is 16.7 Å². The standard InChI is InChI=1S/C23H34N2O4.C23H33NO5.CH4/c1-23(2,18-4-8-21(28-3)9-5-18)19-6-10-22(11-7-19)29-17-20(27)16-25(13-12-24)14-15-26;1-23(2,18-4-8-21(28-3)9-5-18)19-6-10-22(11-7-19)29-17-20(27)16-24(12-14-25)13-15-26;/h4-11,20,26-27H,12-17,24H2,1-3H3;4-11,20,25-27H,12-17H2,1-3H3;1H4. The van der Waals surface area contributed by atoms with E-state index in [0.717, 1.165) is 17.1 Å². The minimum Gasteiger partial charge on any atom is -0.497 e. The van der Waals surface area contributed by atoms with Crippen molar-refractivity contribution in [3.63, 3.8) is 0 Å². The topological polar surface area (TPSA) is 171 Å². The third kappa shape index (κ3) is 16.4. The van der Waals surface area contributed by atoms with Crippen molar-refractivity contribution >= 4 is 0 Å². The summed E-state index contributed by atoms with van der Waals surface area (Å²) in [5.74, 6) is 3.08. The van der Waals surface area contributed by atoms with Crippen LogP contribution in [0.3, 0.4) is 0 Å². The van der Waals surface area contributed by atoms with Crippen molar-refractivity contribution in [3.8, 4) is 23.0 Å². The predicted molar refractivity (Wildman–Crippen MR) is 236 cm³/mol. The van der Waals surface area contributed by atoms with Gasteiger partial charge in [-0.2, -0.15) is 0 Å². The predicted octanol–water partition coefficient (Wildman–Crippen LogP) is 4.70. The van der Waals surface area contributed by atoms with Crippen LogP contribution < -0.4 is 24.7 Å². The minimum atomic E-state index is -0.705. The van der Waals surface area contributed by atoms with Crippen LogP contribution in [0, 0.1) is 0 Å². The molecule has 0 aliphatic rings. The van der Waals surface area contributed by atoms with Crippen molar-refractivity contribution < 1.29 is 44.5 Å². The first-order valence-electron chi connectivity index (χ1n) is 19.9. The second-order valence-electron chi connectivity index (χ2n) is 15.2. The van der Waals surface area contributed by atoms with Gasteiger partial charge in [-0.15, -0.1) is 0 Å². The van der Waals surface area contributed by atoms with Crippen LogP contribution in [0.2, 0.25) is 0 Å². The first kappa shape index (κ1) is 50.9. The zero-order valence-electron chi connectivity index (χ0n) is 35.2. The Morgan fingerprint density at radius 2 is 0.763 bits per heavy atom. The molecule has 2 atom stereocenters. The van der Waals surface area contributed by atoms with Gasteiger partial charge in [-0.3, -0.25) is 9.80 Å². The van der Waals surface area contributed by atoms with E-state index in [9.17, 15) is 10.2 Å². The number of aliphatic hydroxyl groups is 5. The molecule has 0 spiro atoms. The van der Waals surface area contributed by atoms with E-state index >= 15 is 0 Å². The number of rotatable bonds is 24. The average molecular weight is 822 g/mol. The van der Waals surface area contributed by atoms with Gasteiger partial charge < -0.3 is 50.2 Å². The van der Waals surface area contributed by atoms with Crippen LogP contribution in [0.15, 0.2) is 97.1 Å². The zero-order chi connectivity index (χ0) is 42.6. The average Bonchev–Trinajstić information content (AvgIpc) is 3.23. The molecule has 2 unspecified atom stereocenters. The van der Waals surface area contributed by atoms with Gasteiger partial charge >= 0.3 is 0 Å². The molecule has 0 heterocycles. The molecule has 0 radical (unpaired) electrons. The van der Waals surface area contributed by atoms with Crippen molar-refractivity contribution in [3.05, 3.63) is 119 Å². The number of ether oxygens (including phenoxy) is 4. The molecule has 4 aromatic rings. The summed E-state index contributed by atoms with van der Waals surface area (Å²) in [5.41, 5.74) is 9.96. The summed E-state index contributed by atoms with van der Waals surface area (Å²) in [6, 6.07) is 32.0. The molecule has 0 saturated carbocycles. The fourth-order valence-corrected chi connectivity index (χ4v) is 6.57. The fourth-order valence-electron chi connectivity index (χ4n) is 6.57. The maximum absolute atomic E-state index is 10.2. The van der Waals surface area contributed by atoms with Crippen LogP contribution >= 0.6 is 0 Å². The van der Waals surface area contributed by atoms with Gasteiger partial charge in [0, 0.05) is 56.6 Å². The van der Waals surface area contributed by atoms with Crippen LogP contribution in [0.5, 0.6) is 23.0 Å². The Kier molecular flexibility index (Phi) is 22.5. The second-order valence-corrected chi connectivity index (χ2v) is 15.2. The van der Waals surface area contributed by atoms with Crippen LogP contribution in [-0.4, -0.2) is 141 Å². The largest absolute Gasteiger partial charge is 0.497 e. The van der Waals surface area contributed by atoms with Crippen molar-refractivity contribution in [2.75, 3.05) is 93.1 Å². The number of nitrogens with zero attached hydrogens (tertiary/aromatic N) is 2. The van der Waals surface area contributed by atoms with Crippen LogP contribution in [0.4, 0.5) is 0 Å². The van der Waals surface area contributed by atoms with Crippen LogP contribution in [-0.2, 0) is 10.8 Å². The van der Waals surface area contributed by atoms with E-state index in [1.54, 1.807) is 19.1 Å². The van der Waals surface area contributed by atoms with Crippen LogP contribution in [0.25, 0.3) is 0 Å². The normalized spacial score (nSPS) is 12.6. The molecular formula is C47H71N3O9. The Bertz CT molecular complexity index is 1550. The molecule has 0 fully saturated rings.